The molecule has 1 aliphatic rings. The van der Waals surface area contributed by atoms with Crippen molar-refractivity contribution >= 4 is 28.3 Å². The lowest BCUT2D eigenvalue weighted by Crippen LogP contribution is -2.50. The number of hydrogen-bond donors (Lipinski definition) is 1. The van der Waals surface area contributed by atoms with E-state index in [1.165, 1.54) is 16.6 Å². The average molecular weight is 440 g/mol. The Balaban J connectivity index is 1.69. The van der Waals surface area contributed by atoms with Crippen molar-refractivity contribution in [3.05, 3.63) is 94.9 Å². The molecule has 0 saturated heterocycles. The predicted octanol–water partition coefficient (Wildman–Crippen LogP) is 2.54. The van der Waals surface area contributed by atoms with Crippen LogP contribution in [-0.4, -0.2) is 41.3 Å². The van der Waals surface area contributed by atoms with Gasteiger partial charge in [-0.1, -0.05) is 48.5 Å². The minimum absolute atomic E-state index is 0.00991. The zero-order valence-corrected chi connectivity index (χ0v) is 17.8. The van der Waals surface area contributed by atoms with Crippen molar-refractivity contribution in [1.29, 1.82) is 0 Å². The van der Waals surface area contributed by atoms with Gasteiger partial charge in [0, 0.05) is 12.4 Å². The molecule has 1 aromatic heterocycles. The quantitative estimate of drug-likeness (QED) is 0.529. The number of rotatable bonds is 3. The van der Waals surface area contributed by atoms with Crippen LogP contribution in [0.25, 0.3) is 16.5 Å². The van der Waals surface area contributed by atoms with Crippen LogP contribution in [0, 0.1) is 0 Å². The molecule has 0 spiro atoms. The van der Waals surface area contributed by atoms with E-state index in [0.29, 0.717) is 27.9 Å². The maximum atomic E-state index is 13.9. The van der Waals surface area contributed by atoms with E-state index >= 15 is 0 Å². The van der Waals surface area contributed by atoms with Crippen molar-refractivity contribution < 1.29 is 14.3 Å². The first kappa shape index (κ1) is 20.4. The van der Waals surface area contributed by atoms with Crippen molar-refractivity contribution in [2.45, 2.75) is 6.10 Å². The molecule has 1 atom stereocenters. The maximum Gasteiger partial charge on any atom is 0.279 e. The number of para-hydroxylation sites is 3. The van der Waals surface area contributed by atoms with Crippen LogP contribution in [0.1, 0.15) is 10.5 Å². The second-order valence-electron chi connectivity index (χ2n) is 7.55. The number of aromatic nitrogens is 2. The van der Waals surface area contributed by atoms with E-state index in [2.05, 4.69) is 10.4 Å². The van der Waals surface area contributed by atoms with Crippen LogP contribution in [0.3, 0.4) is 0 Å². The van der Waals surface area contributed by atoms with Crippen molar-refractivity contribution in [3.63, 3.8) is 0 Å². The van der Waals surface area contributed by atoms with Crippen LogP contribution in [0.5, 0.6) is 5.75 Å². The lowest BCUT2D eigenvalue weighted by molar-refractivity contribution is -0.127. The van der Waals surface area contributed by atoms with Gasteiger partial charge < -0.3 is 10.1 Å². The largest absolute Gasteiger partial charge is 0.477 e. The molecule has 5 rings (SSSR count). The first-order chi connectivity index (χ1) is 16.1. The third-order valence-electron chi connectivity index (χ3n) is 5.57. The Bertz CT molecular complexity index is 1430. The van der Waals surface area contributed by atoms with Gasteiger partial charge in [0.2, 0.25) is 0 Å². The molecule has 2 amide bonds. The molecule has 0 saturated carbocycles. The predicted molar refractivity (Wildman–Crippen MR) is 124 cm³/mol. The lowest BCUT2D eigenvalue weighted by Gasteiger charge is -2.34. The Morgan fingerprint density at radius 2 is 1.61 bits per heavy atom. The summed E-state index contributed by atoms with van der Waals surface area (Å²) in [5.74, 6) is -0.346. The summed E-state index contributed by atoms with van der Waals surface area (Å²) in [6, 6.07) is 22.9. The summed E-state index contributed by atoms with van der Waals surface area (Å²) in [4.78, 5) is 40.9. The molecule has 3 aromatic carbocycles. The molecule has 8 heteroatoms. The highest BCUT2D eigenvalue weighted by atomic mass is 16.5. The molecule has 0 fully saturated rings. The van der Waals surface area contributed by atoms with E-state index in [9.17, 15) is 14.4 Å². The minimum Gasteiger partial charge on any atom is -0.477 e. The van der Waals surface area contributed by atoms with Gasteiger partial charge in [0.05, 0.1) is 23.3 Å². The van der Waals surface area contributed by atoms with Gasteiger partial charge in [-0.05, 0) is 30.3 Å². The molecule has 33 heavy (non-hydrogen) atoms. The van der Waals surface area contributed by atoms with E-state index in [1.807, 2.05) is 6.07 Å². The van der Waals surface area contributed by atoms with Crippen molar-refractivity contribution in [2.24, 2.45) is 0 Å². The highest BCUT2D eigenvalue weighted by molar-refractivity contribution is 6.13. The fourth-order valence-corrected chi connectivity index (χ4v) is 3.94. The van der Waals surface area contributed by atoms with Gasteiger partial charge in [0.1, 0.15) is 5.75 Å². The Morgan fingerprint density at radius 3 is 2.36 bits per heavy atom. The Kier molecular flexibility index (Phi) is 5.10. The average Bonchev–Trinajstić information content (AvgIpc) is 2.88. The van der Waals surface area contributed by atoms with Crippen LogP contribution in [0.4, 0.5) is 5.69 Å². The van der Waals surface area contributed by atoms with Gasteiger partial charge >= 0.3 is 0 Å². The van der Waals surface area contributed by atoms with E-state index in [0.717, 1.165) is 0 Å². The summed E-state index contributed by atoms with van der Waals surface area (Å²) in [5.41, 5.74) is 0.874. The molecule has 1 N–H and O–H groups in total. The highest BCUT2D eigenvalue weighted by Gasteiger charge is 2.35. The second-order valence-corrected chi connectivity index (χ2v) is 7.55. The number of benzene rings is 3. The van der Waals surface area contributed by atoms with Gasteiger partial charge in [-0.2, -0.15) is 9.78 Å². The summed E-state index contributed by atoms with van der Waals surface area (Å²) in [5, 5.41) is 7.87. The molecule has 8 nitrogen and oxygen atoms in total. The molecule has 0 radical (unpaired) electrons. The topological polar surface area (TPSA) is 93.5 Å². The Labute approximate surface area is 189 Å². The molecule has 1 aliphatic heterocycles. The van der Waals surface area contributed by atoms with Crippen LogP contribution in [-0.2, 0) is 4.79 Å². The lowest BCUT2D eigenvalue weighted by atomic mass is 10.1. The van der Waals surface area contributed by atoms with Crippen LogP contribution in [0.15, 0.2) is 83.7 Å². The SMILES string of the molecule is CNC(=O)[C@H]1CN(C(=O)c2nn(-c3ccccc3)c(=O)c3ccccc23)c2ccccc2O1. The van der Waals surface area contributed by atoms with Gasteiger partial charge in [0.15, 0.2) is 11.8 Å². The van der Waals surface area contributed by atoms with E-state index in [4.69, 9.17) is 4.74 Å². The summed E-state index contributed by atoms with van der Waals surface area (Å²) < 4.78 is 7.05. The Hall–Kier alpha value is -4.46. The molecule has 4 aromatic rings. The molecule has 164 valence electrons. The fourth-order valence-electron chi connectivity index (χ4n) is 3.94. The molecule has 2 heterocycles. The number of hydrogen-bond acceptors (Lipinski definition) is 5. The third-order valence-corrected chi connectivity index (χ3v) is 5.57. The number of ether oxygens (including phenoxy) is 1. The van der Waals surface area contributed by atoms with Crippen LogP contribution < -0.4 is 20.5 Å². The molecule has 0 aliphatic carbocycles. The number of anilines is 1. The number of likely N-dealkylation sites (N-methyl/N-ethyl adjacent to an activating group) is 1. The second kappa shape index (κ2) is 8.23. The monoisotopic (exact) mass is 440 g/mol. The Morgan fingerprint density at radius 1 is 0.939 bits per heavy atom. The highest BCUT2D eigenvalue weighted by Crippen LogP contribution is 2.34. The van der Waals surface area contributed by atoms with Gasteiger partial charge in [-0.25, -0.2) is 0 Å². The summed E-state index contributed by atoms with van der Waals surface area (Å²) in [6.07, 6.45) is -0.875. The number of carbonyl (C=O) groups excluding carboxylic acids is 2. The van der Waals surface area contributed by atoms with Crippen LogP contribution in [0.2, 0.25) is 0 Å². The minimum atomic E-state index is -0.875. The van der Waals surface area contributed by atoms with Crippen molar-refractivity contribution in [3.8, 4) is 11.4 Å². The van der Waals surface area contributed by atoms with E-state index in [1.54, 1.807) is 72.8 Å². The first-order valence-corrected chi connectivity index (χ1v) is 10.4. The molecular weight excluding hydrogens is 420 g/mol. The zero-order chi connectivity index (χ0) is 22.9. The molecular formula is C25H20N4O4. The number of amides is 2. The van der Waals surface area contributed by atoms with Crippen LogP contribution >= 0.6 is 0 Å². The van der Waals surface area contributed by atoms with Crippen molar-refractivity contribution in [2.75, 3.05) is 18.5 Å². The summed E-state index contributed by atoms with van der Waals surface area (Å²) in [6.45, 7) is 0.00991. The zero-order valence-electron chi connectivity index (χ0n) is 17.8. The number of nitrogens with one attached hydrogen (secondary N) is 1. The number of carbonyl (C=O) groups is 2. The molecule has 0 unspecified atom stereocenters. The normalized spacial score (nSPS) is 14.9. The van der Waals surface area contributed by atoms with Gasteiger partial charge in [0.25, 0.3) is 17.4 Å². The summed E-state index contributed by atoms with van der Waals surface area (Å²) in [7, 11) is 1.52. The standard InChI is InChI=1S/C25H20N4O4/c1-26-23(30)21-15-28(19-13-7-8-14-20(19)33-21)25(32)22-17-11-5-6-12-18(17)24(31)29(27-22)16-9-3-2-4-10-16/h2-14,21H,15H2,1H3,(H,26,30)/t21-/m1/s1. The van der Waals surface area contributed by atoms with E-state index in [-0.39, 0.29) is 23.7 Å². The van der Waals surface area contributed by atoms with Crippen molar-refractivity contribution in [1.82, 2.24) is 15.1 Å². The summed E-state index contributed by atoms with van der Waals surface area (Å²) >= 11 is 0. The first-order valence-electron chi connectivity index (χ1n) is 10.4. The third kappa shape index (κ3) is 3.51. The molecule has 0 bridgehead atoms. The fraction of sp³-hybridized carbons (Fsp3) is 0.120. The number of nitrogens with zero attached hydrogens (tertiary/aromatic N) is 3. The smallest absolute Gasteiger partial charge is 0.279 e. The van der Waals surface area contributed by atoms with E-state index < -0.39 is 12.0 Å². The van der Waals surface area contributed by atoms with Gasteiger partial charge in [-0.3, -0.25) is 19.3 Å². The van der Waals surface area contributed by atoms with Gasteiger partial charge in [-0.15, -0.1) is 0 Å². The maximum absolute atomic E-state index is 13.9. The number of fused-ring (bicyclic) bond motifs is 2.